The molecule has 0 saturated heterocycles. The molecule has 116 valence electrons. The van der Waals surface area contributed by atoms with Crippen molar-refractivity contribution in [2.24, 2.45) is 0 Å². The topological polar surface area (TPSA) is 17.3 Å². The normalized spacial score (nSPS) is 11.8. The summed E-state index contributed by atoms with van der Waals surface area (Å²) in [5.41, 5.74) is 4.79. The molecule has 0 fully saturated rings. The van der Waals surface area contributed by atoms with Gasteiger partial charge in [0.15, 0.2) is 0 Å². The highest BCUT2D eigenvalue weighted by molar-refractivity contribution is 7.17. The van der Waals surface area contributed by atoms with Gasteiger partial charge in [0.1, 0.15) is 5.65 Å². The van der Waals surface area contributed by atoms with Crippen molar-refractivity contribution in [1.82, 2.24) is 9.38 Å². The van der Waals surface area contributed by atoms with E-state index in [2.05, 4.69) is 54.1 Å². The zero-order chi connectivity index (χ0) is 16.0. The monoisotopic (exact) mass is 340 g/mol. The summed E-state index contributed by atoms with van der Waals surface area (Å²) >= 11 is 7.97. The smallest absolute Gasteiger partial charge is 0.137 e. The lowest BCUT2D eigenvalue weighted by Gasteiger charge is -2.07. The molecule has 0 radical (unpaired) electrons. The van der Waals surface area contributed by atoms with Gasteiger partial charge in [-0.1, -0.05) is 31.5 Å². The van der Waals surface area contributed by atoms with Gasteiger partial charge < -0.3 is 4.40 Å². The molecule has 4 aromatic rings. The van der Waals surface area contributed by atoms with Gasteiger partial charge in [0, 0.05) is 22.3 Å². The van der Waals surface area contributed by atoms with Crippen LogP contribution in [0.2, 0.25) is 5.02 Å². The minimum Gasteiger partial charge on any atom is -0.303 e. The van der Waals surface area contributed by atoms with Crippen LogP contribution in [0, 0.1) is 0 Å². The first-order chi connectivity index (χ1) is 11.1. The number of hydrogen-bond donors (Lipinski definition) is 0. The minimum atomic E-state index is 0.401. The number of benzene rings is 1. The average molecular weight is 341 g/mol. The van der Waals surface area contributed by atoms with Crippen molar-refractivity contribution in [1.29, 1.82) is 0 Å². The molecule has 0 aliphatic carbocycles. The van der Waals surface area contributed by atoms with Crippen LogP contribution in [0.4, 0.5) is 0 Å². The molecule has 4 rings (SSSR count). The molecule has 0 N–H and O–H groups in total. The van der Waals surface area contributed by atoms with Gasteiger partial charge >= 0.3 is 0 Å². The van der Waals surface area contributed by atoms with E-state index in [0.29, 0.717) is 5.92 Å². The first kappa shape index (κ1) is 14.7. The van der Waals surface area contributed by atoms with Gasteiger partial charge in [-0.05, 0) is 52.6 Å². The molecular formula is C19H17ClN2S. The third kappa shape index (κ3) is 2.54. The van der Waals surface area contributed by atoms with E-state index in [-0.39, 0.29) is 0 Å². The molecule has 3 heterocycles. The van der Waals surface area contributed by atoms with Crippen LogP contribution in [-0.4, -0.2) is 9.38 Å². The van der Waals surface area contributed by atoms with E-state index in [4.69, 9.17) is 16.6 Å². The van der Waals surface area contributed by atoms with Crippen molar-refractivity contribution in [3.05, 3.63) is 69.9 Å². The number of rotatable bonds is 3. The van der Waals surface area contributed by atoms with Crippen molar-refractivity contribution < 1.29 is 0 Å². The lowest BCUT2D eigenvalue weighted by molar-refractivity contribution is 0.811. The van der Waals surface area contributed by atoms with Crippen LogP contribution < -0.4 is 0 Å². The highest BCUT2D eigenvalue weighted by Crippen LogP contribution is 2.32. The molecule has 1 aromatic carbocycles. The Kier molecular flexibility index (Phi) is 3.63. The van der Waals surface area contributed by atoms with Gasteiger partial charge in [-0.25, -0.2) is 4.98 Å². The molecule has 3 aromatic heterocycles. The average Bonchev–Trinajstić information content (AvgIpc) is 3.10. The van der Waals surface area contributed by atoms with Gasteiger partial charge in [0.05, 0.1) is 11.4 Å². The van der Waals surface area contributed by atoms with Gasteiger partial charge in [0.2, 0.25) is 0 Å². The first-order valence-corrected chi connectivity index (χ1v) is 9.00. The summed E-state index contributed by atoms with van der Waals surface area (Å²) < 4.78 is 3.49. The maximum absolute atomic E-state index is 6.19. The molecule has 0 bridgehead atoms. The summed E-state index contributed by atoms with van der Waals surface area (Å²) in [6.45, 7) is 4.40. The molecule has 23 heavy (non-hydrogen) atoms. The number of halogens is 1. The number of hydrogen-bond acceptors (Lipinski definition) is 2. The van der Waals surface area contributed by atoms with Crippen LogP contribution in [0.25, 0.3) is 15.7 Å². The van der Waals surface area contributed by atoms with Crippen molar-refractivity contribution in [2.75, 3.05) is 0 Å². The van der Waals surface area contributed by atoms with Crippen LogP contribution in [0.1, 0.15) is 36.7 Å². The van der Waals surface area contributed by atoms with Crippen LogP contribution in [0.3, 0.4) is 0 Å². The zero-order valence-corrected chi connectivity index (χ0v) is 14.7. The van der Waals surface area contributed by atoms with Crippen LogP contribution in [0.5, 0.6) is 0 Å². The van der Waals surface area contributed by atoms with Crippen molar-refractivity contribution in [3.8, 4) is 0 Å². The quantitative estimate of drug-likeness (QED) is 0.452. The van der Waals surface area contributed by atoms with Crippen LogP contribution in [0.15, 0.2) is 48.0 Å². The predicted molar refractivity (Wildman–Crippen MR) is 98.9 cm³/mol. The molecular weight excluding hydrogens is 324 g/mol. The molecule has 0 aliphatic heterocycles. The molecule has 0 saturated carbocycles. The second kappa shape index (κ2) is 5.66. The summed E-state index contributed by atoms with van der Waals surface area (Å²) in [4.78, 5) is 4.83. The Labute approximate surface area is 144 Å². The SMILES string of the molecule is CC(C)c1nc2ccccn2c1Cc1csc2ccc(Cl)cc12. The molecule has 0 unspecified atom stereocenters. The van der Waals surface area contributed by atoms with E-state index in [1.807, 2.05) is 12.1 Å². The van der Waals surface area contributed by atoms with E-state index in [1.54, 1.807) is 11.3 Å². The van der Waals surface area contributed by atoms with Crippen LogP contribution in [-0.2, 0) is 6.42 Å². The lowest BCUT2D eigenvalue weighted by atomic mass is 10.0. The fourth-order valence-corrected chi connectivity index (χ4v) is 4.19. The predicted octanol–water partition coefficient (Wildman–Crippen LogP) is 5.92. The fraction of sp³-hybridized carbons (Fsp3) is 0.211. The molecule has 0 aliphatic rings. The molecule has 4 heteroatoms. The fourth-order valence-electron chi connectivity index (χ4n) is 3.07. The van der Waals surface area contributed by atoms with E-state index < -0.39 is 0 Å². The Morgan fingerprint density at radius 3 is 2.91 bits per heavy atom. The van der Waals surface area contributed by atoms with Crippen LogP contribution >= 0.6 is 22.9 Å². The highest BCUT2D eigenvalue weighted by atomic mass is 35.5. The Morgan fingerprint density at radius 1 is 1.22 bits per heavy atom. The summed E-state index contributed by atoms with van der Waals surface area (Å²) in [7, 11) is 0. The molecule has 2 nitrogen and oxygen atoms in total. The van der Waals surface area contributed by atoms with Gasteiger partial charge in [-0.2, -0.15) is 0 Å². The number of imidazole rings is 1. The summed E-state index contributed by atoms with van der Waals surface area (Å²) in [5, 5.41) is 4.29. The maximum atomic E-state index is 6.19. The van der Waals surface area contributed by atoms with Crippen molar-refractivity contribution in [3.63, 3.8) is 0 Å². The van der Waals surface area contributed by atoms with E-state index in [9.17, 15) is 0 Å². The molecule has 0 spiro atoms. The van der Waals surface area contributed by atoms with Gasteiger partial charge in [-0.15, -0.1) is 11.3 Å². The lowest BCUT2D eigenvalue weighted by Crippen LogP contribution is -1.99. The van der Waals surface area contributed by atoms with Gasteiger partial charge in [0.25, 0.3) is 0 Å². The zero-order valence-electron chi connectivity index (χ0n) is 13.1. The number of fused-ring (bicyclic) bond motifs is 2. The van der Waals surface area contributed by atoms with E-state index in [0.717, 1.165) is 17.1 Å². The minimum absolute atomic E-state index is 0.401. The van der Waals surface area contributed by atoms with E-state index >= 15 is 0 Å². The standard InChI is InChI=1S/C19H17ClN2S/c1-12(2)19-16(22-8-4-3-5-18(22)21-19)9-13-11-23-17-7-6-14(20)10-15(13)17/h3-8,10-12H,9H2,1-2H3. The summed E-state index contributed by atoms with van der Waals surface area (Å²) in [5.74, 6) is 0.401. The Balaban J connectivity index is 1.88. The number of pyridine rings is 1. The summed E-state index contributed by atoms with van der Waals surface area (Å²) in [6.07, 6.45) is 2.98. The number of thiophene rings is 1. The number of aromatic nitrogens is 2. The second-order valence-electron chi connectivity index (χ2n) is 6.11. The third-order valence-corrected chi connectivity index (χ3v) is 5.43. The maximum Gasteiger partial charge on any atom is 0.137 e. The first-order valence-electron chi connectivity index (χ1n) is 7.75. The van der Waals surface area contributed by atoms with Crippen molar-refractivity contribution in [2.45, 2.75) is 26.2 Å². The highest BCUT2D eigenvalue weighted by Gasteiger charge is 2.16. The molecule has 0 atom stereocenters. The van der Waals surface area contributed by atoms with Crippen molar-refractivity contribution >= 4 is 38.7 Å². The molecule has 0 amide bonds. The number of nitrogens with zero attached hydrogens (tertiary/aromatic N) is 2. The largest absolute Gasteiger partial charge is 0.303 e. The second-order valence-corrected chi connectivity index (χ2v) is 7.45. The summed E-state index contributed by atoms with van der Waals surface area (Å²) in [6, 6.07) is 12.3. The van der Waals surface area contributed by atoms with E-state index in [1.165, 1.54) is 27.0 Å². The van der Waals surface area contributed by atoms with Gasteiger partial charge in [-0.3, -0.25) is 0 Å². The Morgan fingerprint density at radius 2 is 2.09 bits per heavy atom. The Bertz CT molecular complexity index is 997. The third-order valence-electron chi connectivity index (χ3n) is 4.18. The Hall–Kier alpha value is -1.84.